The topological polar surface area (TPSA) is 29.3 Å². The van der Waals surface area contributed by atoms with Crippen molar-refractivity contribution in [2.45, 2.75) is 19.3 Å². The van der Waals surface area contributed by atoms with Gasteiger partial charge in [0, 0.05) is 24.3 Å². The van der Waals surface area contributed by atoms with Crippen LogP contribution >= 0.6 is 12.2 Å². The average Bonchev–Trinajstić information content (AvgIpc) is 2.30. The highest BCUT2D eigenvalue weighted by molar-refractivity contribution is 7.80. The molecule has 1 aromatic rings. The second kappa shape index (κ2) is 4.62. The fourth-order valence-corrected chi connectivity index (χ4v) is 2.33. The van der Waals surface area contributed by atoms with Crippen LogP contribution < -0.4 is 5.73 Å². The molecule has 0 unspecified atom stereocenters. The van der Waals surface area contributed by atoms with Crippen molar-refractivity contribution in [1.29, 1.82) is 0 Å². The average molecular weight is 220 g/mol. The molecular formula is C12H16N2S. The molecule has 2 rings (SSSR count). The van der Waals surface area contributed by atoms with Gasteiger partial charge in [0.05, 0.1) is 0 Å². The maximum atomic E-state index is 5.91. The molecule has 1 aliphatic heterocycles. The van der Waals surface area contributed by atoms with Crippen LogP contribution in [0.25, 0.3) is 0 Å². The number of hydrogen-bond donors (Lipinski definition) is 1. The molecular weight excluding hydrogens is 204 g/mol. The number of para-hydroxylation sites is 1. The monoisotopic (exact) mass is 220 g/mol. The summed E-state index contributed by atoms with van der Waals surface area (Å²) in [5, 5.41) is 0. The maximum absolute atomic E-state index is 5.91. The normalized spacial score (nSPS) is 16.4. The highest BCUT2D eigenvalue weighted by Gasteiger charge is 2.15. The van der Waals surface area contributed by atoms with Crippen molar-refractivity contribution < 1.29 is 0 Å². The largest absolute Gasteiger partial charge is 0.398 e. The maximum Gasteiger partial charge on any atom is 0.111 e. The summed E-state index contributed by atoms with van der Waals surface area (Å²) in [6.45, 7) is 2.15. The minimum atomic E-state index is 0.785. The number of piperidine rings is 1. The van der Waals surface area contributed by atoms with Crippen LogP contribution in [0.2, 0.25) is 0 Å². The highest BCUT2D eigenvalue weighted by Crippen LogP contribution is 2.18. The van der Waals surface area contributed by atoms with Gasteiger partial charge in [-0.05, 0) is 31.4 Å². The van der Waals surface area contributed by atoms with Gasteiger partial charge in [0.25, 0.3) is 0 Å². The smallest absolute Gasteiger partial charge is 0.111 e. The Kier molecular flexibility index (Phi) is 3.21. The van der Waals surface area contributed by atoms with Gasteiger partial charge in [-0.1, -0.05) is 24.4 Å². The molecule has 0 amide bonds. The summed E-state index contributed by atoms with van der Waals surface area (Å²) in [5.41, 5.74) is 7.71. The molecule has 0 atom stereocenters. The van der Waals surface area contributed by atoms with Crippen molar-refractivity contribution in [2.75, 3.05) is 18.8 Å². The van der Waals surface area contributed by atoms with Crippen LogP contribution in [0.15, 0.2) is 24.3 Å². The first kappa shape index (κ1) is 10.4. The Balaban J connectivity index is 2.16. The van der Waals surface area contributed by atoms with E-state index in [1.54, 1.807) is 0 Å². The summed E-state index contributed by atoms with van der Waals surface area (Å²) in [7, 11) is 0. The fourth-order valence-electron chi connectivity index (χ4n) is 1.96. The SMILES string of the molecule is Nc1ccccc1C(=S)N1CCCCC1. The van der Waals surface area contributed by atoms with Crippen LogP contribution in [0.5, 0.6) is 0 Å². The molecule has 0 aliphatic carbocycles. The van der Waals surface area contributed by atoms with Gasteiger partial charge in [0.15, 0.2) is 0 Å². The Bertz CT molecular complexity index is 356. The van der Waals surface area contributed by atoms with Crippen LogP contribution in [0.1, 0.15) is 24.8 Å². The third-order valence-electron chi connectivity index (χ3n) is 2.83. The lowest BCUT2D eigenvalue weighted by Gasteiger charge is -2.29. The molecule has 3 heteroatoms. The van der Waals surface area contributed by atoms with Crippen molar-refractivity contribution >= 4 is 22.9 Å². The Morgan fingerprint density at radius 2 is 1.80 bits per heavy atom. The lowest BCUT2D eigenvalue weighted by Crippen LogP contribution is -2.35. The van der Waals surface area contributed by atoms with Gasteiger partial charge < -0.3 is 10.6 Å². The fraction of sp³-hybridized carbons (Fsp3) is 0.417. The summed E-state index contributed by atoms with van der Waals surface area (Å²) >= 11 is 5.47. The van der Waals surface area contributed by atoms with Crippen LogP contribution in [-0.2, 0) is 0 Å². The number of benzene rings is 1. The second-order valence-electron chi connectivity index (χ2n) is 3.94. The third kappa shape index (κ3) is 2.29. The zero-order valence-electron chi connectivity index (χ0n) is 8.78. The third-order valence-corrected chi connectivity index (χ3v) is 3.31. The van der Waals surface area contributed by atoms with Crippen molar-refractivity contribution in [3.05, 3.63) is 29.8 Å². The molecule has 1 aromatic carbocycles. The molecule has 0 aromatic heterocycles. The predicted octanol–water partition coefficient (Wildman–Crippen LogP) is 2.43. The van der Waals surface area contributed by atoms with E-state index in [0.717, 1.165) is 29.3 Å². The van der Waals surface area contributed by atoms with Gasteiger partial charge in [-0.15, -0.1) is 0 Å². The molecule has 0 spiro atoms. The van der Waals surface area contributed by atoms with Gasteiger partial charge in [-0.25, -0.2) is 0 Å². The number of nitrogens with zero attached hydrogens (tertiary/aromatic N) is 1. The lowest BCUT2D eigenvalue weighted by atomic mass is 10.1. The summed E-state index contributed by atoms with van der Waals surface area (Å²) in [5.74, 6) is 0. The zero-order chi connectivity index (χ0) is 10.7. The van der Waals surface area contributed by atoms with Crippen LogP contribution in [0.3, 0.4) is 0 Å². The van der Waals surface area contributed by atoms with E-state index >= 15 is 0 Å². The van der Waals surface area contributed by atoms with Gasteiger partial charge >= 0.3 is 0 Å². The van der Waals surface area contributed by atoms with E-state index in [2.05, 4.69) is 4.90 Å². The molecule has 0 radical (unpaired) electrons. The molecule has 15 heavy (non-hydrogen) atoms. The number of nitrogens with two attached hydrogens (primary N) is 1. The molecule has 0 bridgehead atoms. The molecule has 1 fully saturated rings. The van der Waals surface area contributed by atoms with E-state index < -0.39 is 0 Å². The number of likely N-dealkylation sites (tertiary alicyclic amines) is 1. The van der Waals surface area contributed by atoms with Crippen molar-refractivity contribution in [2.24, 2.45) is 0 Å². The first-order chi connectivity index (χ1) is 7.29. The first-order valence-corrected chi connectivity index (χ1v) is 5.83. The second-order valence-corrected chi connectivity index (χ2v) is 4.33. The van der Waals surface area contributed by atoms with E-state index in [0.29, 0.717) is 0 Å². The van der Waals surface area contributed by atoms with E-state index in [9.17, 15) is 0 Å². The zero-order valence-corrected chi connectivity index (χ0v) is 9.59. The van der Waals surface area contributed by atoms with Crippen molar-refractivity contribution in [3.63, 3.8) is 0 Å². The van der Waals surface area contributed by atoms with Crippen molar-refractivity contribution in [3.8, 4) is 0 Å². The van der Waals surface area contributed by atoms with Gasteiger partial charge in [-0.3, -0.25) is 0 Å². The van der Waals surface area contributed by atoms with E-state index in [1.807, 2.05) is 24.3 Å². The van der Waals surface area contributed by atoms with Gasteiger partial charge in [0.1, 0.15) is 4.99 Å². The molecule has 1 heterocycles. The molecule has 1 aliphatic rings. The summed E-state index contributed by atoms with van der Waals surface area (Å²) in [6, 6.07) is 7.84. The molecule has 80 valence electrons. The number of rotatable bonds is 1. The minimum Gasteiger partial charge on any atom is -0.398 e. The van der Waals surface area contributed by atoms with E-state index in [1.165, 1.54) is 19.3 Å². The first-order valence-electron chi connectivity index (χ1n) is 5.43. The number of anilines is 1. The van der Waals surface area contributed by atoms with Crippen LogP contribution in [0.4, 0.5) is 5.69 Å². The molecule has 1 saturated heterocycles. The molecule has 2 nitrogen and oxygen atoms in total. The van der Waals surface area contributed by atoms with E-state index in [-0.39, 0.29) is 0 Å². The quantitative estimate of drug-likeness (QED) is 0.582. The van der Waals surface area contributed by atoms with Crippen molar-refractivity contribution in [1.82, 2.24) is 4.90 Å². The Labute approximate surface area is 96.1 Å². The summed E-state index contributed by atoms with van der Waals surface area (Å²) in [6.07, 6.45) is 3.81. The van der Waals surface area contributed by atoms with Crippen LogP contribution in [0, 0.1) is 0 Å². The minimum absolute atomic E-state index is 0.785. The predicted molar refractivity (Wildman–Crippen MR) is 68.0 cm³/mol. The number of hydrogen-bond acceptors (Lipinski definition) is 2. The summed E-state index contributed by atoms with van der Waals surface area (Å²) in [4.78, 5) is 3.18. The molecule has 0 saturated carbocycles. The standard InChI is InChI=1S/C12H16N2S/c13-11-7-3-2-6-10(11)12(15)14-8-4-1-5-9-14/h2-3,6-7H,1,4-5,8-9,13H2. The highest BCUT2D eigenvalue weighted by atomic mass is 32.1. The van der Waals surface area contributed by atoms with Gasteiger partial charge in [-0.2, -0.15) is 0 Å². The molecule has 2 N–H and O–H groups in total. The summed E-state index contributed by atoms with van der Waals surface area (Å²) < 4.78 is 0. The Hall–Kier alpha value is -1.09. The number of nitrogen functional groups attached to an aromatic ring is 1. The Morgan fingerprint density at radius 1 is 1.13 bits per heavy atom. The van der Waals surface area contributed by atoms with E-state index in [4.69, 9.17) is 18.0 Å². The van der Waals surface area contributed by atoms with Gasteiger partial charge in [0.2, 0.25) is 0 Å². The van der Waals surface area contributed by atoms with Crippen LogP contribution in [-0.4, -0.2) is 23.0 Å². The lowest BCUT2D eigenvalue weighted by molar-refractivity contribution is 0.348. The number of thiocarbonyl (C=S) groups is 1. The Morgan fingerprint density at radius 3 is 2.47 bits per heavy atom.